The van der Waals surface area contributed by atoms with Crippen LogP contribution in [-0.4, -0.2) is 30.0 Å². The lowest BCUT2D eigenvalue weighted by Crippen LogP contribution is -2.47. The quantitative estimate of drug-likeness (QED) is 0.853. The van der Waals surface area contributed by atoms with Crippen LogP contribution in [0.4, 0.5) is 0 Å². The molecule has 1 atom stereocenters. The summed E-state index contributed by atoms with van der Waals surface area (Å²) in [5.41, 5.74) is 0.456. The number of aromatic nitrogens is 1. The second-order valence-corrected chi connectivity index (χ2v) is 5.11. The van der Waals surface area contributed by atoms with Crippen molar-refractivity contribution in [3.05, 3.63) is 30.1 Å². The first kappa shape index (κ1) is 14.5. The fourth-order valence-corrected chi connectivity index (χ4v) is 2.69. The van der Waals surface area contributed by atoms with Crippen LogP contribution < -0.4 is 5.32 Å². The number of ether oxygens (including phenoxy) is 1. The van der Waals surface area contributed by atoms with Gasteiger partial charge in [-0.05, 0) is 30.9 Å². The van der Waals surface area contributed by atoms with E-state index in [4.69, 9.17) is 4.74 Å². The Labute approximate surface area is 118 Å². The van der Waals surface area contributed by atoms with Gasteiger partial charge in [0, 0.05) is 12.4 Å². The first-order valence-electron chi connectivity index (χ1n) is 7.01. The molecule has 0 bridgehead atoms. The predicted molar refractivity (Wildman–Crippen MR) is 74.1 cm³/mol. The molecule has 0 saturated heterocycles. The Kier molecular flexibility index (Phi) is 5.09. The molecule has 2 rings (SSSR count). The van der Waals surface area contributed by atoms with Gasteiger partial charge < -0.3 is 10.1 Å². The van der Waals surface area contributed by atoms with Crippen molar-refractivity contribution in [2.24, 2.45) is 5.92 Å². The van der Waals surface area contributed by atoms with Crippen LogP contribution in [0.5, 0.6) is 0 Å². The van der Waals surface area contributed by atoms with Gasteiger partial charge in [-0.3, -0.25) is 9.78 Å². The third kappa shape index (κ3) is 3.56. The Morgan fingerprint density at radius 3 is 2.70 bits per heavy atom. The highest BCUT2D eigenvalue weighted by molar-refractivity contribution is 5.96. The number of carbonyl (C=O) groups excluding carboxylic acids is 2. The molecule has 1 saturated carbocycles. The standard InChI is InChI=1S/C15H20N2O3/c1-20-15(19)13(11-6-3-2-4-7-11)17-14(18)12-8-5-9-16-10-12/h5,8-11,13H,2-4,6-7H2,1H3,(H,17,18)/t13-/m0/s1. The normalized spacial score (nSPS) is 17.2. The lowest BCUT2D eigenvalue weighted by atomic mass is 9.83. The van der Waals surface area contributed by atoms with Gasteiger partial charge in [0.05, 0.1) is 12.7 Å². The van der Waals surface area contributed by atoms with E-state index in [9.17, 15) is 9.59 Å². The molecule has 108 valence electrons. The third-order valence-electron chi connectivity index (χ3n) is 3.79. The van der Waals surface area contributed by atoms with Crippen molar-refractivity contribution in [1.29, 1.82) is 0 Å². The highest BCUT2D eigenvalue weighted by atomic mass is 16.5. The second kappa shape index (κ2) is 7.03. The van der Waals surface area contributed by atoms with Gasteiger partial charge in [0.15, 0.2) is 0 Å². The monoisotopic (exact) mass is 276 g/mol. The minimum absolute atomic E-state index is 0.164. The molecule has 1 aliphatic rings. The highest BCUT2D eigenvalue weighted by Crippen LogP contribution is 2.27. The summed E-state index contributed by atoms with van der Waals surface area (Å²) in [7, 11) is 1.36. The molecule has 1 fully saturated rings. The molecule has 0 unspecified atom stereocenters. The zero-order valence-corrected chi connectivity index (χ0v) is 11.7. The van der Waals surface area contributed by atoms with Crippen molar-refractivity contribution in [1.82, 2.24) is 10.3 Å². The molecular weight excluding hydrogens is 256 g/mol. The average molecular weight is 276 g/mol. The maximum atomic E-state index is 12.2. The van der Waals surface area contributed by atoms with Crippen LogP contribution in [-0.2, 0) is 9.53 Å². The average Bonchev–Trinajstić information content (AvgIpc) is 2.53. The Hall–Kier alpha value is -1.91. The van der Waals surface area contributed by atoms with Crippen molar-refractivity contribution < 1.29 is 14.3 Å². The van der Waals surface area contributed by atoms with Crippen molar-refractivity contribution >= 4 is 11.9 Å². The maximum absolute atomic E-state index is 12.2. The number of carbonyl (C=O) groups is 2. The van der Waals surface area contributed by atoms with Crippen LogP contribution in [0, 0.1) is 5.92 Å². The maximum Gasteiger partial charge on any atom is 0.328 e. The van der Waals surface area contributed by atoms with Gasteiger partial charge in [-0.15, -0.1) is 0 Å². The zero-order chi connectivity index (χ0) is 14.4. The van der Waals surface area contributed by atoms with Gasteiger partial charge in [0.1, 0.15) is 6.04 Å². The van der Waals surface area contributed by atoms with Crippen molar-refractivity contribution in [3.8, 4) is 0 Å². The predicted octanol–water partition coefficient (Wildman–Crippen LogP) is 1.93. The largest absolute Gasteiger partial charge is 0.467 e. The van der Waals surface area contributed by atoms with E-state index in [0.29, 0.717) is 5.56 Å². The Morgan fingerprint density at radius 2 is 2.10 bits per heavy atom. The van der Waals surface area contributed by atoms with Gasteiger partial charge in [0.2, 0.25) is 0 Å². The van der Waals surface area contributed by atoms with Gasteiger partial charge in [0.25, 0.3) is 5.91 Å². The number of esters is 1. The first-order chi connectivity index (χ1) is 9.72. The number of hydrogen-bond donors (Lipinski definition) is 1. The second-order valence-electron chi connectivity index (χ2n) is 5.11. The van der Waals surface area contributed by atoms with E-state index in [0.717, 1.165) is 25.7 Å². The number of hydrogen-bond acceptors (Lipinski definition) is 4. The van der Waals surface area contributed by atoms with E-state index >= 15 is 0 Å². The van der Waals surface area contributed by atoms with E-state index in [1.807, 2.05) is 0 Å². The smallest absolute Gasteiger partial charge is 0.328 e. The summed E-state index contributed by atoms with van der Waals surface area (Å²) in [5, 5.41) is 2.80. The van der Waals surface area contributed by atoms with Crippen LogP contribution in [0.25, 0.3) is 0 Å². The number of nitrogens with one attached hydrogen (secondary N) is 1. The number of pyridine rings is 1. The van der Waals surface area contributed by atoms with E-state index < -0.39 is 6.04 Å². The van der Waals surface area contributed by atoms with E-state index in [1.165, 1.54) is 19.7 Å². The third-order valence-corrected chi connectivity index (χ3v) is 3.79. The molecule has 5 heteroatoms. The number of rotatable bonds is 4. The SMILES string of the molecule is COC(=O)[C@@H](NC(=O)c1cccnc1)C1CCCCC1. The van der Waals surface area contributed by atoms with E-state index in [1.54, 1.807) is 18.3 Å². The van der Waals surface area contributed by atoms with Gasteiger partial charge in [-0.2, -0.15) is 0 Å². The molecule has 1 heterocycles. The van der Waals surface area contributed by atoms with Crippen molar-refractivity contribution in [2.45, 2.75) is 38.1 Å². The van der Waals surface area contributed by atoms with Crippen LogP contribution in [0.15, 0.2) is 24.5 Å². The molecule has 1 N–H and O–H groups in total. The van der Waals surface area contributed by atoms with Crippen LogP contribution in [0.3, 0.4) is 0 Å². The van der Waals surface area contributed by atoms with E-state index in [-0.39, 0.29) is 17.8 Å². The van der Waals surface area contributed by atoms with E-state index in [2.05, 4.69) is 10.3 Å². The summed E-state index contributed by atoms with van der Waals surface area (Å²) in [6.45, 7) is 0. The highest BCUT2D eigenvalue weighted by Gasteiger charge is 2.31. The summed E-state index contributed by atoms with van der Waals surface area (Å²) < 4.78 is 4.83. The lowest BCUT2D eigenvalue weighted by Gasteiger charge is -2.28. The molecule has 0 aliphatic heterocycles. The molecule has 1 aliphatic carbocycles. The van der Waals surface area contributed by atoms with Crippen LogP contribution >= 0.6 is 0 Å². The molecule has 1 amide bonds. The van der Waals surface area contributed by atoms with Gasteiger partial charge in [-0.25, -0.2) is 4.79 Å². The Balaban J connectivity index is 2.07. The number of amides is 1. The summed E-state index contributed by atoms with van der Waals surface area (Å²) in [4.78, 5) is 28.0. The summed E-state index contributed by atoms with van der Waals surface area (Å²) in [6.07, 6.45) is 8.39. The van der Waals surface area contributed by atoms with Gasteiger partial charge in [-0.1, -0.05) is 19.3 Å². The topological polar surface area (TPSA) is 68.3 Å². The molecule has 5 nitrogen and oxygen atoms in total. The Bertz CT molecular complexity index is 455. The summed E-state index contributed by atoms with van der Waals surface area (Å²) in [5.74, 6) is -0.481. The van der Waals surface area contributed by atoms with Crippen molar-refractivity contribution in [3.63, 3.8) is 0 Å². The fourth-order valence-electron chi connectivity index (χ4n) is 2.69. The Morgan fingerprint density at radius 1 is 1.35 bits per heavy atom. The van der Waals surface area contributed by atoms with Crippen LogP contribution in [0.1, 0.15) is 42.5 Å². The minimum atomic E-state index is -0.562. The molecule has 0 radical (unpaired) electrons. The van der Waals surface area contributed by atoms with Gasteiger partial charge >= 0.3 is 5.97 Å². The summed E-state index contributed by atoms with van der Waals surface area (Å²) >= 11 is 0. The number of nitrogens with zero attached hydrogens (tertiary/aromatic N) is 1. The molecule has 0 spiro atoms. The summed E-state index contributed by atoms with van der Waals surface area (Å²) in [6, 6.07) is 2.81. The molecular formula is C15H20N2O3. The zero-order valence-electron chi connectivity index (χ0n) is 11.7. The molecule has 1 aromatic rings. The fraction of sp³-hybridized carbons (Fsp3) is 0.533. The molecule has 20 heavy (non-hydrogen) atoms. The van der Waals surface area contributed by atoms with Crippen molar-refractivity contribution in [2.75, 3.05) is 7.11 Å². The lowest BCUT2D eigenvalue weighted by molar-refractivity contribution is -0.144. The number of methoxy groups -OCH3 is 1. The van der Waals surface area contributed by atoms with Crippen LogP contribution in [0.2, 0.25) is 0 Å². The first-order valence-corrected chi connectivity index (χ1v) is 7.01. The molecule has 1 aromatic heterocycles. The minimum Gasteiger partial charge on any atom is -0.467 e. The molecule has 0 aromatic carbocycles.